The lowest BCUT2D eigenvalue weighted by atomic mass is 10.3. The highest BCUT2D eigenvalue weighted by Crippen LogP contribution is 2.29. The van der Waals surface area contributed by atoms with E-state index in [-0.39, 0.29) is 5.91 Å². The lowest BCUT2D eigenvalue weighted by molar-refractivity contribution is 0.0833. The first kappa shape index (κ1) is 16.8. The first-order valence-electron chi connectivity index (χ1n) is 6.88. The maximum atomic E-state index is 11.9. The van der Waals surface area contributed by atoms with Gasteiger partial charge in [0.2, 0.25) is 0 Å². The van der Waals surface area contributed by atoms with Crippen molar-refractivity contribution in [1.82, 2.24) is 9.80 Å². The molecule has 114 valence electrons. The van der Waals surface area contributed by atoms with Crippen LogP contribution in [0.3, 0.4) is 0 Å². The molecule has 1 aromatic rings. The van der Waals surface area contributed by atoms with Gasteiger partial charge in [-0.25, -0.2) is 0 Å². The summed E-state index contributed by atoms with van der Waals surface area (Å²) in [6.07, 6.45) is 1.06. The predicted molar refractivity (Wildman–Crippen MR) is 87.6 cm³/mol. The normalized spacial score (nSPS) is 11.2. The van der Waals surface area contributed by atoms with Crippen LogP contribution in [0.15, 0.2) is 6.07 Å². The molecule has 1 rings (SSSR count). The Hall–Kier alpha value is -1.27. The minimum absolute atomic E-state index is 0.0416. The number of thiophene rings is 1. The fourth-order valence-electron chi connectivity index (χ4n) is 1.66. The van der Waals surface area contributed by atoms with E-state index < -0.39 is 0 Å². The lowest BCUT2D eigenvalue weighted by Crippen LogP contribution is -2.28. The standard InChI is InChI=1S/C14H26N4OS/c1-10(2)18(5)8-6-7-16-12-9-11(15)13(20-12)14(19)17(3)4/h9-10,16H,6-8,15H2,1-5H3. The van der Waals surface area contributed by atoms with Gasteiger partial charge in [-0.2, -0.15) is 0 Å². The van der Waals surface area contributed by atoms with Gasteiger partial charge in [-0.1, -0.05) is 0 Å². The molecule has 0 atom stereocenters. The minimum atomic E-state index is -0.0416. The van der Waals surface area contributed by atoms with Crippen LogP contribution in [0.1, 0.15) is 29.9 Å². The number of nitrogens with zero attached hydrogens (tertiary/aromatic N) is 2. The number of carbonyl (C=O) groups is 1. The van der Waals surface area contributed by atoms with Crippen molar-refractivity contribution in [2.24, 2.45) is 0 Å². The summed E-state index contributed by atoms with van der Waals surface area (Å²) in [5.74, 6) is -0.0416. The Labute approximate surface area is 125 Å². The van der Waals surface area contributed by atoms with Crippen molar-refractivity contribution >= 4 is 27.9 Å². The van der Waals surface area contributed by atoms with E-state index in [1.807, 2.05) is 6.07 Å². The molecule has 5 nitrogen and oxygen atoms in total. The topological polar surface area (TPSA) is 61.6 Å². The maximum absolute atomic E-state index is 11.9. The number of hydrogen-bond donors (Lipinski definition) is 2. The van der Waals surface area contributed by atoms with Crippen molar-refractivity contribution in [1.29, 1.82) is 0 Å². The Kier molecular flexibility index (Phi) is 6.29. The van der Waals surface area contributed by atoms with Crippen LogP contribution in [0, 0.1) is 0 Å². The predicted octanol–water partition coefficient (Wildman–Crippen LogP) is 2.17. The number of nitrogens with one attached hydrogen (secondary N) is 1. The Morgan fingerprint density at radius 1 is 1.40 bits per heavy atom. The molecular weight excluding hydrogens is 272 g/mol. The van der Waals surface area contributed by atoms with Gasteiger partial charge in [0.1, 0.15) is 4.88 Å². The van der Waals surface area contributed by atoms with Crippen LogP contribution in [0.2, 0.25) is 0 Å². The third-order valence-corrected chi connectivity index (χ3v) is 4.33. The molecule has 1 aromatic heterocycles. The van der Waals surface area contributed by atoms with Gasteiger partial charge >= 0.3 is 0 Å². The summed E-state index contributed by atoms with van der Waals surface area (Å²) in [7, 11) is 5.59. The molecule has 0 unspecified atom stereocenters. The van der Waals surface area contributed by atoms with Gasteiger partial charge in [-0.3, -0.25) is 4.79 Å². The Bertz CT molecular complexity index is 442. The number of rotatable bonds is 7. The van der Waals surface area contributed by atoms with Gasteiger partial charge < -0.3 is 20.9 Å². The van der Waals surface area contributed by atoms with Crippen molar-refractivity contribution < 1.29 is 4.79 Å². The lowest BCUT2D eigenvalue weighted by Gasteiger charge is -2.20. The van der Waals surface area contributed by atoms with E-state index in [0.29, 0.717) is 16.6 Å². The first-order valence-corrected chi connectivity index (χ1v) is 7.69. The molecule has 3 N–H and O–H groups in total. The van der Waals surface area contributed by atoms with Crippen molar-refractivity contribution in [2.45, 2.75) is 26.3 Å². The second-order valence-electron chi connectivity index (χ2n) is 5.45. The molecule has 1 amide bonds. The smallest absolute Gasteiger partial charge is 0.265 e. The van der Waals surface area contributed by atoms with E-state index in [1.165, 1.54) is 11.3 Å². The molecule has 0 aliphatic rings. The average Bonchev–Trinajstić information content (AvgIpc) is 2.74. The van der Waals surface area contributed by atoms with Gasteiger partial charge in [0, 0.05) is 26.7 Å². The van der Waals surface area contributed by atoms with E-state index in [4.69, 9.17) is 5.73 Å². The number of nitrogens with two attached hydrogens (primary N) is 1. The summed E-state index contributed by atoms with van der Waals surface area (Å²) in [5.41, 5.74) is 6.44. The number of nitrogen functional groups attached to an aromatic ring is 1. The van der Waals surface area contributed by atoms with Crippen molar-refractivity contribution in [3.8, 4) is 0 Å². The summed E-state index contributed by atoms with van der Waals surface area (Å²) in [6.45, 7) is 6.31. The monoisotopic (exact) mass is 298 g/mol. The second kappa shape index (κ2) is 7.50. The molecule has 0 saturated heterocycles. The zero-order valence-corrected chi connectivity index (χ0v) is 13.9. The quantitative estimate of drug-likeness (QED) is 0.757. The number of carbonyl (C=O) groups excluding carboxylic acids is 1. The summed E-state index contributed by atoms with van der Waals surface area (Å²) in [5, 5.41) is 4.29. The summed E-state index contributed by atoms with van der Waals surface area (Å²) >= 11 is 1.42. The van der Waals surface area contributed by atoms with Crippen LogP contribution >= 0.6 is 11.3 Å². The molecule has 0 spiro atoms. The SMILES string of the molecule is CC(C)N(C)CCCNc1cc(N)c(C(=O)N(C)C)s1. The zero-order chi connectivity index (χ0) is 15.3. The van der Waals surface area contributed by atoms with Crippen molar-refractivity contribution in [3.05, 3.63) is 10.9 Å². The van der Waals surface area contributed by atoms with Gasteiger partial charge in [0.05, 0.1) is 10.7 Å². The molecule has 0 fully saturated rings. The molecule has 0 radical (unpaired) electrons. The van der Waals surface area contributed by atoms with Crippen molar-refractivity contribution in [2.75, 3.05) is 45.3 Å². The molecule has 0 bridgehead atoms. The highest BCUT2D eigenvalue weighted by Gasteiger charge is 2.15. The van der Waals surface area contributed by atoms with Crippen LogP contribution in [0.5, 0.6) is 0 Å². The third-order valence-electron chi connectivity index (χ3n) is 3.23. The van der Waals surface area contributed by atoms with E-state index in [1.54, 1.807) is 19.0 Å². The highest BCUT2D eigenvalue weighted by molar-refractivity contribution is 7.18. The van der Waals surface area contributed by atoms with E-state index >= 15 is 0 Å². The van der Waals surface area contributed by atoms with Gasteiger partial charge in [0.15, 0.2) is 0 Å². The first-order chi connectivity index (χ1) is 9.32. The number of hydrogen-bond acceptors (Lipinski definition) is 5. The van der Waals surface area contributed by atoms with Gasteiger partial charge in [0.25, 0.3) is 5.91 Å². The second-order valence-corrected chi connectivity index (χ2v) is 6.50. The van der Waals surface area contributed by atoms with Crippen LogP contribution in [-0.2, 0) is 0 Å². The molecule has 20 heavy (non-hydrogen) atoms. The largest absolute Gasteiger partial charge is 0.397 e. The third kappa shape index (κ3) is 4.68. The fraction of sp³-hybridized carbons (Fsp3) is 0.643. The van der Waals surface area contributed by atoms with E-state index in [2.05, 4.69) is 31.1 Å². The molecule has 1 heterocycles. The molecule has 0 aliphatic heterocycles. The number of amides is 1. The Morgan fingerprint density at radius 3 is 2.60 bits per heavy atom. The van der Waals surface area contributed by atoms with Gasteiger partial charge in [-0.15, -0.1) is 11.3 Å². The van der Waals surface area contributed by atoms with E-state index in [9.17, 15) is 4.79 Å². The van der Waals surface area contributed by atoms with Crippen LogP contribution in [0.25, 0.3) is 0 Å². The minimum Gasteiger partial charge on any atom is -0.397 e. The average molecular weight is 298 g/mol. The highest BCUT2D eigenvalue weighted by atomic mass is 32.1. The molecule has 0 aliphatic carbocycles. The zero-order valence-electron chi connectivity index (χ0n) is 13.1. The summed E-state index contributed by atoms with van der Waals surface area (Å²) in [6, 6.07) is 2.41. The van der Waals surface area contributed by atoms with Gasteiger partial charge in [-0.05, 0) is 39.9 Å². The van der Waals surface area contributed by atoms with E-state index in [0.717, 1.165) is 24.5 Å². The summed E-state index contributed by atoms with van der Waals surface area (Å²) < 4.78 is 0. The molecule has 6 heteroatoms. The fourth-order valence-corrected chi connectivity index (χ4v) is 2.69. The Morgan fingerprint density at radius 2 is 2.05 bits per heavy atom. The van der Waals surface area contributed by atoms with Crippen LogP contribution in [-0.4, -0.2) is 56.0 Å². The molecule has 0 saturated carbocycles. The van der Waals surface area contributed by atoms with Crippen LogP contribution < -0.4 is 11.1 Å². The van der Waals surface area contributed by atoms with Crippen molar-refractivity contribution in [3.63, 3.8) is 0 Å². The number of anilines is 2. The maximum Gasteiger partial charge on any atom is 0.265 e. The Balaban J connectivity index is 2.46. The molecule has 0 aromatic carbocycles. The van der Waals surface area contributed by atoms with Crippen LogP contribution in [0.4, 0.5) is 10.7 Å². The summed E-state index contributed by atoms with van der Waals surface area (Å²) in [4.78, 5) is 16.4. The molecular formula is C14H26N4OS.